The van der Waals surface area contributed by atoms with Crippen LogP contribution in [0.15, 0.2) is 63.3 Å². The van der Waals surface area contributed by atoms with Crippen molar-refractivity contribution in [2.24, 2.45) is 0 Å². The third-order valence-corrected chi connectivity index (χ3v) is 9.56. The first kappa shape index (κ1) is 20.6. The van der Waals surface area contributed by atoms with Gasteiger partial charge in [0.15, 0.2) is 15.0 Å². The summed E-state index contributed by atoms with van der Waals surface area (Å²) in [5.74, 6) is 0. The van der Waals surface area contributed by atoms with Crippen molar-refractivity contribution in [3.8, 4) is 0 Å². The summed E-state index contributed by atoms with van der Waals surface area (Å²) in [7, 11) is -3.33. The van der Waals surface area contributed by atoms with Gasteiger partial charge in [0, 0.05) is 29.4 Å². The Morgan fingerprint density at radius 3 is 2.48 bits per heavy atom. The maximum absolute atomic E-state index is 13.0. The lowest BCUT2D eigenvalue weighted by Gasteiger charge is -2.31. The number of aromatic nitrogens is 1. The number of benzene rings is 2. The van der Waals surface area contributed by atoms with E-state index in [0.717, 1.165) is 17.2 Å². The van der Waals surface area contributed by atoms with Crippen molar-refractivity contribution in [2.75, 3.05) is 18.0 Å². The highest BCUT2D eigenvalue weighted by Gasteiger charge is 2.33. The van der Waals surface area contributed by atoms with Crippen LogP contribution in [0.3, 0.4) is 0 Å². The number of sulfone groups is 1. The number of rotatable bonds is 5. The Morgan fingerprint density at radius 1 is 1.10 bits per heavy atom. The second kappa shape index (κ2) is 8.58. The summed E-state index contributed by atoms with van der Waals surface area (Å²) in [5.41, 5.74) is 3.58. The number of hydrogen-bond acceptors (Lipinski definition) is 5. The minimum absolute atomic E-state index is 0.343. The number of hydrogen-bond donors (Lipinski definition) is 0. The molecule has 0 aliphatic carbocycles. The van der Waals surface area contributed by atoms with Gasteiger partial charge in [-0.1, -0.05) is 42.0 Å². The maximum Gasteiger partial charge on any atom is 0.185 e. The second-order valence-corrected chi connectivity index (χ2v) is 11.3. The van der Waals surface area contributed by atoms with Crippen LogP contribution in [-0.2, 0) is 16.3 Å². The fourth-order valence-electron chi connectivity index (χ4n) is 3.65. The molecule has 0 amide bonds. The quantitative estimate of drug-likeness (QED) is 0.490. The molecule has 1 saturated heterocycles. The normalized spacial score (nSPS) is 15.6. The molecular formula is C22H23BrN2O2S2. The zero-order chi connectivity index (χ0) is 20.4. The van der Waals surface area contributed by atoms with Crippen LogP contribution in [-0.4, -0.2) is 31.7 Å². The number of thiazole rings is 1. The van der Waals surface area contributed by atoms with E-state index in [-0.39, 0.29) is 5.25 Å². The molecule has 2 heterocycles. The molecule has 0 unspecified atom stereocenters. The van der Waals surface area contributed by atoms with Gasteiger partial charge in [-0.2, -0.15) is 0 Å². The molecule has 2 aromatic carbocycles. The van der Waals surface area contributed by atoms with Crippen molar-refractivity contribution < 1.29 is 8.42 Å². The van der Waals surface area contributed by atoms with E-state index in [2.05, 4.69) is 57.4 Å². The van der Waals surface area contributed by atoms with Gasteiger partial charge in [-0.15, -0.1) is 11.3 Å². The molecule has 3 aromatic rings. The molecule has 0 radical (unpaired) electrons. The zero-order valence-electron chi connectivity index (χ0n) is 16.2. The van der Waals surface area contributed by atoms with Crippen LogP contribution in [0.1, 0.15) is 29.7 Å². The molecule has 0 spiro atoms. The predicted molar refractivity (Wildman–Crippen MR) is 123 cm³/mol. The van der Waals surface area contributed by atoms with E-state index >= 15 is 0 Å². The summed E-state index contributed by atoms with van der Waals surface area (Å²) in [5, 5.41) is 2.76. The summed E-state index contributed by atoms with van der Waals surface area (Å²) in [4.78, 5) is 7.41. The van der Waals surface area contributed by atoms with Crippen LogP contribution in [0.25, 0.3) is 0 Å². The molecule has 1 aliphatic rings. The van der Waals surface area contributed by atoms with Crippen LogP contribution in [0.5, 0.6) is 0 Å². The number of anilines is 1. The molecule has 0 N–H and O–H groups in total. The summed E-state index contributed by atoms with van der Waals surface area (Å²) < 4.78 is 26.7. The van der Waals surface area contributed by atoms with Gasteiger partial charge in [0.05, 0.1) is 15.8 Å². The van der Waals surface area contributed by atoms with Crippen LogP contribution >= 0.6 is 27.3 Å². The average Bonchev–Trinajstić information content (AvgIpc) is 3.18. The SMILES string of the molecule is Cc1ccc(Cc2csc(N3CCC(S(=O)(=O)c4ccccc4Br)CC3)n2)cc1. The number of halogens is 1. The lowest BCUT2D eigenvalue weighted by atomic mass is 10.1. The first-order chi connectivity index (χ1) is 13.9. The summed E-state index contributed by atoms with van der Waals surface area (Å²) in [6.07, 6.45) is 2.07. The molecular weight excluding hydrogens is 468 g/mol. The van der Waals surface area contributed by atoms with Crippen molar-refractivity contribution in [1.82, 2.24) is 4.98 Å². The van der Waals surface area contributed by atoms with E-state index < -0.39 is 9.84 Å². The fourth-order valence-corrected chi connectivity index (χ4v) is 7.29. The summed E-state index contributed by atoms with van der Waals surface area (Å²) in [6, 6.07) is 15.6. The van der Waals surface area contributed by atoms with Gasteiger partial charge in [-0.25, -0.2) is 13.4 Å². The van der Waals surface area contributed by atoms with Gasteiger partial charge in [-0.05, 0) is 53.4 Å². The second-order valence-electron chi connectivity index (χ2n) is 7.45. The van der Waals surface area contributed by atoms with Gasteiger partial charge < -0.3 is 4.90 Å². The average molecular weight is 491 g/mol. The minimum Gasteiger partial charge on any atom is -0.348 e. The van der Waals surface area contributed by atoms with Gasteiger partial charge in [-0.3, -0.25) is 0 Å². The Hall–Kier alpha value is -1.70. The Labute approximate surface area is 184 Å². The highest BCUT2D eigenvalue weighted by molar-refractivity contribution is 9.10. The Balaban J connectivity index is 1.40. The highest BCUT2D eigenvalue weighted by Crippen LogP contribution is 2.32. The molecule has 7 heteroatoms. The topological polar surface area (TPSA) is 50.3 Å². The number of piperidine rings is 1. The Kier molecular flexibility index (Phi) is 6.08. The van der Waals surface area contributed by atoms with Gasteiger partial charge >= 0.3 is 0 Å². The standard InChI is InChI=1S/C22H23BrN2O2S2/c1-16-6-8-17(9-7-16)14-18-15-28-22(24-18)25-12-10-19(11-13-25)29(26,27)21-5-3-2-4-20(21)23/h2-9,15,19H,10-14H2,1H3. The van der Waals surface area contributed by atoms with Crippen LogP contribution in [0.2, 0.25) is 0 Å². The third-order valence-electron chi connectivity index (χ3n) is 5.34. The van der Waals surface area contributed by atoms with Crippen molar-refractivity contribution in [2.45, 2.75) is 36.3 Å². The third kappa shape index (κ3) is 4.57. The lowest BCUT2D eigenvalue weighted by molar-refractivity contribution is 0.529. The lowest BCUT2D eigenvalue weighted by Crippen LogP contribution is -2.39. The molecule has 1 fully saturated rings. The molecule has 0 saturated carbocycles. The summed E-state index contributed by atoms with van der Waals surface area (Å²) >= 11 is 5.03. The van der Waals surface area contributed by atoms with Gasteiger partial charge in [0.2, 0.25) is 0 Å². The predicted octanol–water partition coefficient (Wildman–Crippen LogP) is 5.25. The van der Waals surface area contributed by atoms with E-state index in [9.17, 15) is 8.42 Å². The maximum atomic E-state index is 13.0. The van der Waals surface area contributed by atoms with E-state index in [1.807, 2.05) is 6.07 Å². The first-order valence-electron chi connectivity index (χ1n) is 9.67. The van der Waals surface area contributed by atoms with Crippen molar-refractivity contribution in [3.05, 3.63) is 75.2 Å². The largest absolute Gasteiger partial charge is 0.348 e. The van der Waals surface area contributed by atoms with E-state index in [1.165, 1.54) is 11.1 Å². The zero-order valence-corrected chi connectivity index (χ0v) is 19.4. The van der Waals surface area contributed by atoms with Gasteiger partial charge in [0.25, 0.3) is 0 Å². The molecule has 1 aromatic heterocycles. The molecule has 0 atom stereocenters. The minimum atomic E-state index is -3.33. The smallest absolute Gasteiger partial charge is 0.185 e. The number of nitrogens with zero attached hydrogens (tertiary/aromatic N) is 2. The van der Waals surface area contributed by atoms with Crippen LogP contribution in [0, 0.1) is 6.92 Å². The molecule has 152 valence electrons. The highest BCUT2D eigenvalue weighted by atomic mass is 79.9. The molecule has 4 nitrogen and oxygen atoms in total. The molecule has 0 bridgehead atoms. The van der Waals surface area contributed by atoms with Crippen molar-refractivity contribution >= 4 is 42.2 Å². The molecule has 4 rings (SSSR count). The van der Waals surface area contributed by atoms with Crippen LogP contribution in [0.4, 0.5) is 5.13 Å². The van der Waals surface area contributed by atoms with Crippen molar-refractivity contribution in [1.29, 1.82) is 0 Å². The first-order valence-corrected chi connectivity index (χ1v) is 12.9. The van der Waals surface area contributed by atoms with Gasteiger partial charge in [0.1, 0.15) is 0 Å². The Bertz CT molecular complexity index is 1090. The fraction of sp³-hybridized carbons (Fsp3) is 0.318. The molecule has 29 heavy (non-hydrogen) atoms. The summed E-state index contributed by atoms with van der Waals surface area (Å²) in [6.45, 7) is 3.52. The molecule has 1 aliphatic heterocycles. The van der Waals surface area contributed by atoms with Crippen molar-refractivity contribution in [3.63, 3.8) is 0 Å². The number of aryl methyl sites for hydroxylation is 1. The van der Waals surface area contributed by atoms with E-state index in [1.54, 1.807) is 29.5 Å². The van der Waals surface area contributed by atoms with E-state index in [0.29, 0.717) is 35.3 Å². The van der Waals surface area contributed by atoms with E-state index in [4.69, 9.17) is 4.98 Å². The van der Waals surface area contributed by atoms with Crippen LogP contribution < -0.4 is 4.90 Å². The Morgan fingerprint density at radius 2 is 1.79 bits per heavy atom. The monoisotopic (exact) mass is 490 g/mol.